The number of hydrogen-bond acceptors (Lipinski definition) is 4. The molecule has 1 saturated carbocycles. The van der Waals surface area contributed by atoms with Gasteiger partial charge in [-0.2, -0.15) is 0 Å². The molecular weight excluding hydrogens is 334 g/mol. The maximum absolute atomic E-state index is 12.4. The summed E-state index contributed by atoms with van der Waals surface area (Å²) in [6.07, 6.45) is 5.99. The van der Waals surface area contributed by atoms with Crippen LogP contribution in [0.4, 0.5) is 0 Å². The Morgan fingerprint density at radius 3 is 2.64 bits per heavy atom. The lowest BCUT2D eigenvalue weighted by molar-refractivity contribution is 0.0958. The molecule has 0 bridgehead atoms. The lowest BCUT2D eigenvalue weighted by Gasteiger charge is -2.44. The number of carbonyl (C=O) groups is 1. The minimum absolute atomic E-state index is 0.0992. The first-order valence-electron chi connectivity index (χ1n) is 9.16. The van der Waals surface area contributed by atoms with Crippen LogP contribution in [0.2, 0.25) is 0 Å². The van der Waals surface area contributed by atoms with Gasteiger partial charge in [-0.25, -0.2) is 0 Å². The number of benzene rings is 1. The smallest absolute Gasteiger partial charge is 0.257 e. The highest BCUT2D eigenvalue weighted by Gasteiger charge is 2.48. The van der Waals surface area contributed by atoms with E-state index in [1.54, 1.807) is 12.1 Å². The van der Waals surface area contributed by atoms with Crippen molar-refractivity contribution in [2.24, 2.45) is 11.8 Å². The van der Waals surface area contributed by atoms with Crippen LogP contribution in [-0.2, 0) is 0 Å². The molecule has 1 aromatic carbocycles. The second-order valence-corrected chi connectivity index (χ2v) is 7.57. The summed E-state index contributed by atoms with van der Waals surface area (Å²) in [7, 11) is 0. The number of rotatable bonds is 4. The molecule has 3 rings (SSSR count). The molecule has 1 saturated heterocycles. The van der Waals surface area contributed by atoms with Gasteiger partial charge in [-0.05, 0) is 43.1 Å². The Morgan fingerprint density at radius 1 is 1.24 bits per heavy atom. The first-order chi connectivity index (χ1) is 12.2. The van der Waals surface area contributed by atoms with Gasteiger partial charge in [-0.15, -0.1) is 0 Å². The van der Waals surface area contributed by atoms with Gasteiger partial charge in [0.1, 0.15) is 0 Å². The van der Waals surface area contributed by atoms with Crippen molar-refractivity contribution in [3.8, 4) is 0 Å². The van der Waals surface area contributed by atoms with Gasteiger partial charge in [0.2, 0.25) is 0 Å². The fraction of sp³-hybridized carbons (Fsp3) is 0.579. The highest BCUT2D eigenvalue weighted by Crippen LogP contribution is 2.39. The molecule has 1 amide bonds. The summed E-state index contributed by atoms with van der Waals surface area (Å²) in [6.45, 7) is 1.66. The first-order valence-corrected chi connectivity index (χ1v) is 9.56. The van der Waals surface area contributed by atoms with Gasteiger partial charge in [0.05, 0.1) is 5.54 Å². The molecule has 1 aliphatic heterocycles. The lowest BCUT2D eigenvalue weighted by Crippen LogP contribution is -2.62. The number of aliphatic hydroxyl groups excluding tert-OH is 1. The molecule has 6 heteroatoms. The van der Waals surface area contributed by atoms with E-state index >= 15 is 0 Å². The highest BCUT2D eigenvalue weighted by atomic mass is 32.1. The van der Waals surface area contributed by atoms with Gasteiger partial charge < -0.3 is 15.7 Å². The van der Waals surface area contributed by atoms with Crippen molar-refractivity contribution in [1.82, 2.24) is 16.0 Å². The molecule has 2 atom stereocenters. The van der Waals surface area contributed by atoms with Crippen molar-refractivity contribution in [3.63, 3.8) is 0 Å². The summed E-state index contributed by atoms with van der Waals surface area (Å²) in [4.78, 5) is 12.4. The zero-order valence-corrected chi connectivity index (χ0v) is 15.3. The average Bonchev–Trinajstić information content (AvgIpc) is 3.06. The van der Waals surface area contributed by atoms with Crippen LogP contribution in [0.5, 0.6) is 0 Å². The predicted molar refractivity (Wildman–Crippen MR) is 102 cm³/mol. The van der Waals surface area contributed by atoms with Crippen molar-refractivity contribution in [2.45, 2.75) is 37.6 Å². The second-order valence-electron chi connectivity index (χ2n) is 7.16. The fourth-order valence-corrected chi connectivity index (χ4v) is 4.64. The van der Waals surface area contributed by atoms with Gasteiger partial charge in [-0.1, -0.05) is 37.5 Å². The summed E-state index contributed by atoms with van der Waals surface area (Å²) in [5.74, 6) is 0.352. The third-order valence-electron chi connectivity index (χ3n) is 5.70. The maximum atomic E-state index is 12.4. The normalized spacial score (nSPS) is 27.0. The van der Waals surface area contributed by atoms with E-state index in [4.69, 9.17) is 12.2 Å². The Morgan fingerprint density at radius 2 is 1.96 bits per heavy atom. The fourth-order valence-electron chi connectivity index (χ4n) is 4.36. The Kier molecular flexibility index (Phi) is 6.04. The van der Waals surface area contributed by atoms with E-state index in [1.807, 2.05) is 18.2 Å². The van der Waals surface area contributed by atoms with Gasteiger partial charge in [0.15, 0.2) is 5.11 Å². The van der Waals surface area contributed by atoms with Gasteiger partial charge in [-0.3, -0.25) is 10.1 Å². The lowest BCUT2D eigenvalue weighted by atomic mass is 9.69. The maximum Gasteiger partial charge on any atom is 0.257 e. The molecule has 5 nitrogen and oxygen atoms in total. The summed E-state index contributed by atoms with van der Waals surface area (Å²) >= 11 is 5.46. The number of thiocarbonyl (C=S) groups is 1. The van der Waals surface area contributed by atoms with E-state index in [-0.39, 0.29) is 24.0 Å². The second kappa shape index (κ2) is 8.25. The van der Waals surface area contributed by atoms with Crippen LogP contribution in [-0.4, -0.2) is 41.4 Å². The van der Waals surface area contributed by atoms with Gasteiger partial charge in [0, 0.05) is 31.2 Å². The quantitative estimate of drug-likeness (QED) is 0.616. The first kappa shape index (κ1) is 18.3. The standard InChI is InChI=1S/C19H27N3O2S/c23-12-16-11-20-13-19(16,15-9-5-2-6-10-15)22-18(25)21-17(24)14-7-3-1-4-8-14/h1,3-4,7-8,15-16,20,23H,2,5-6,9-13H2,(H2,21,22,24,25). The number of nitrogens with one attached hydrogen (secondary N) is 3. The zero-order valence-electron chi connectivity index (χ0n) is 14.5. The predicted octanol–water partition coefficient (Wildman–Crippen LogP) is 1.82. The van der Waals surface area contributed by atoms with Crippen molar-refractivity contribution < 1.29 is 9.90 Å². The highest BCUT2D eigenvalue weighted by molar-refractivity contribution is 7.80. The summed E-state index contributed by atoms with van der Waals surface area (Å²) < 4.78 is 0. The SMILES string of the molecule is O=C(NC(=S)NC1(C2CCCCC2)CNCC1CO)c1ccccc1. The van der Waals surface area contributed by atoms with Crippen LogP contribution in [0.3, 0.4) is 0 Å². The Hall–Kier alpha value is -1.50. The molecule has 2 fully saturated rings. The van der Waals surface area contributed by atoms with Crippen molar-refractivity contribution in [3.05, 3.63) is 35.9 Å². The molecule has 2 aliphatic rings. The number of aliphatic hydroxyl groups is 1. The third-order valence-corrected chi connectivity index (χ3v) is 5.90. The summed E-state index contributed by atoms with van der Waals surface area (Å²) in [5.41, 5.74) is 0.303. The minimum atomic E-state index is -0.282. The number of carbonyl (C=O) groups excluding carboxylic acids is 1. The molecule has 0 aromatic heterocycles. The molecule has 1 aliphatic carbocycles. The van der Waals surface area contributed by atoms with Crippen LogP contribution in [0, 0.1) is 11.8 Å². The summed E-state index contributed by atoms with van der Waals surface area (Å²) in [5, 5.41) is 19.9. The molecule has 0 spiro atoms. The molecule has 0 radical (unpaired) electrons. The van der Waals surface area contributed by atoms with E-state index in [9.17, 15) is 9.90 Å². The van der Waals surface area contributed by atoms with Gasteiger partial charge in [0.25, 0.3) is 5.91 Å². The van der Waals surface area contributed by atoms with E-state index in [1.165, 1.54) is 19.3 Å². The van der Waals surface area contributed by atoms with Crippen LogP contribution < -0.4 is 16.0 Å². The zero-order chi connectivity index (χ0) is 17.7. The Labute approximate surface area is 154 Å². The van der Waals surface area contributed by atoms with E-state index in [0.29, 0.717) is 16.6 Å². The molecular formula is C19H27N3O2S. The topological polar surface area (TPSA) is 73.4 Å². The van der Waals surface area contributed by atoms with Crippen LogP contribution in [0.1, 0.15) is 42.5 Å². The molecule has 4 N–H and O–H groups in total. The monoisotopic (exact) mass is 361 g/mol. The van der Waals surface area contributed by atoms with Gasteiger partial charge >= 0.3 is 0 Å². The molecule has 25 heavy (non-hydrogen) atoms. The van der Waals surface area contributed by atoms with E-state index in [2.05, 4.69) is 16.0 Å². The third kappa shape index (κ3) is 4.02. The van der Waals surface area contributed by atoms with Crippen molar-refractivity contribution in [1.29, 1.82) is 0 Å². The van der Waals surface area contributed by atoms with E-state index < -0.39 is 0 Å². The minimum Gasteiger partial charge on any atom is -0.396 e. The van der Waals surface area contributed by atoms with Crippen molar-refractivity contribution in [2.75, 3.05) is 19.7 Å². The molecule has 2 unspecified atom stereocenters. The number of amides is 1. The molecule has 136 valence electrons. The van der Waals surface area contributed by atoms with Crippen LogP contribution >= 0.6 is 12.2 Å². The van der Waals surface area contributed by atoms with Crippen LogP contribution in [0.25, 0.3) is 0 Å². The van der Waals surface area contributed by atoms with E-state index in [0.717, 1.165) is 25.9 Å². The Bertz CT molecular complexity index is 604. The number of hydrogen-bond donors (Lipinski definition) is 4. The summed E-state index contributed by atoms with van der Waals surface area (Å²) in [6, 6.07) is 9.07. The van der Waals surface area contributed by atoms with Crippen LogP contribution in [0.15, 0.2) is 30.3 Å². The largest absolute Gasteiger partial charge is 0.396 e. The Balaban J connectivity index is 1.71. The van der Waals surface area contributed by atoms with Crippen molar-refractivity contribution >= 4 is 23.2 Å². The molecule has 1 aromatic rings. The molecule has 1 heterocycles. The average molecular weight is 362 g/mol.